The van der Waals surface area contributed by atoms with Crippen molar-refractivity contribution in [1.82, 2.24) is 0 Å². The van der Waals surface area contributed by atoms with Crippen molar-refractivity contribution >= 4 is 11.8 Å². The molecule has 0 aromatic heterocycles. The van der Waals surface area contributed by atoms with Gasteiger partial charge in [0.15, 0.2) is 6.61 Å². The molecule has 0 bridgehead atoms. The number of ether oxygens (including phenoxy) is 2. The molecule has 0 aliphatic carbocycles. The maximum absolute atomic E-state index is 13.5. The van der Waals surface area contributed by atoms with Crippen molar-refractivity contribution < 1.29 is 23.5 Å². The van der Waals surface area contributed by atoms with Crippen molar-refractivity contribution in [3.05, 3.63) is 101 Å². The topological polar surface area (TPSA) is 52.6 Å². The van der Waals surface area contributed by atoms with Crippen molar-refractivity contribution in [2.24, 2.45) is 0 Å². The SMILES string of the molecule is COc1ccc(F)cc1C(=O)COC(=O)CC(c1ccccc1)c1ccccc1. The quantitative estimate of drug-likeness (QED) is 0.409. The molecule has 0 fully saturated rings. The number of ketones is 1. The Kier molecular flexibility index (Phi) is 6.74. The van der Waals surface area contributed by atoms with E-state index in [1.807, 2.05) is 60.7 Å². The Morgan fingerprint density at radius 2 is 1.48 bits per heavy atom. The standard InChI is InChI=1S/C24H21FO4/c1-28-23-13-12-19(25)14-21(23)22(26)16-29-24(27)15-20(17-8-4-2-5-9-17)18-10-6-3-7-11-18/h2-14,20H,15-16H2,1H3. The minimum Gasteiger partial charge on any atom is -0.496 e. The Morgan fingerprint density at radius 1 is 0.897 bits per heavy atom. The van der Waals surface area contributed by atoms with Crippen LogP contribution in [-0.4, -0.2) is 25.5 Å². The van der Waals surface area contributed by atoms with Crippen LogP contribution >= 0.6 is 0 Å². The molecule has 0 radical (unpaired) electrons. The second-order valence-electron chi connectivity index (χ2n) is 6.51. The predicted molar refractivity (Wildman–Crippen MR) is 108 cm³/mol. The molecule has 29 heavy (non-hydrogen) atoms. The summed E-state index contributed by atoms with van der Waals surface area (Å²) in [5, 5.41) is 0. The smallest absolute Gasteiger partial charge is 0.307 e. The van der Waals surface area contributed by atoms with Crippen LogP contribution in [0, 0.1) is 5.82 Å². The molecule has 0 amide bonds. The number of carbonyl (C=O) groups is 2. The summed E-state index contributed by atoms with van der Waals surface area (Å²) >= 11 is 0. The van der Waals surface area contributed by atoms with Gasteiger partial charge in [0.25, 0.3) is 0 Å². The Morgan fingerprint density at radius 3 is 2.03 bits per heavy atom. The Bertz CT molecular complexity index is 931. The van der Waals surface area contributed by atoms with Crippen molar-refractivity contribution in [1.29, 1.82) is 0 Å². The van der Waals surface area contributed by atoms with Gasteiger partial charge < -0.3 is 9.47 Å². The van der Waals surface area contributed by atoms with Gasteiger partial charge in [-0.25, -0.2) is 4.39 Å². The number of carbonyl (C=O) groups excluding carboxylic acids is 2. The molecule has 0 N–H and O–H groups in total. The van der Waals surface area contributed by atoms with Gasteiger partial charge in [-0.1, -0.05) is 60.7 Å². The summed E-state index contributed by atoms with van der Waals surface area (Å²) in [5.41, 5.74) is 2.01. The minimum atomic E-state index is -0.561. The number of Topliss-reactive ketones (excluding diaryl/α,β-unsaturated/α-hetero) is 1. The normalized spacial score (nSPS) is 10.6. The van der Waals surface area contributed by atoms with E-state index < -0.39 is 24.2 Å². The Balaban J connectivity index is 1.70. The van der Waals surface area contributed by atoms with Crippen LogP contribution in [0.2, 0.25) is 0 Å². The van der Waals surface area contributed by atoms with E-state index in [2.05, 4.69) is 0 Å². The molecule has 0 heterocycles. The molecule has 4 nitrogen and oxygen atoms in total. The zero-order chi connectivity index (χ0) is 20.6. The maximum atomic E-state index is 13.5. The summed E-state index contributed by atoms with van der Waals surface area (Å²) in [5.74, 6) is -1.55. The van der Waals surface area contributed by atoms with Gasteiger partial charge in [0.05, 0.1) is 19.1 Å². The molecule has 3 aromatic carbocycles. The number of benzene rings is 3. The minimum absolute atomic E-state index is 0.0444. The Hall–Kier alpha value is -3.47. The zero-order valence-corrected chi connectivity index (χ0v) is 16.0. The van der Waals surface area contributed by atoms with Gasteiger partial charge in [-0.05, 0) is 29.3 Å². The van der Waals surface area contributed by atoms with Crippen molar-refractivity contribution in [2.45, 2.75) is 12.3 Å². The first kappa shape index (κ1) is 20.3. The number of hydrogen-bond acceptors (Lipinski definition) is 4. The fraction of sp³-hybridized carbons (Fsp3) is 0.167. The lowest BCUT2D eigenvalue weighted by atomic mass is 9.89. The number of hydrogen-bond donors (Lipinski definition) is 0. The largest absolute Gasteiger partial charge is 0.496 e. The maximum Gasteiger partial charge on any atom is 0.307 e. The highest BCUT2D eigenvalue weighted by Crippen LogP contribution is 2.28. The van der Waals surface area contributed by atoms with Crippen LogP contribution in [0.1, 0.15) is 33.8 Å². The molecule has 0 saturated carbocycles. The number of rotatable bonds is 8. The van der Waals surface area contributed by atoms with E-state index in [0.29, 0.717) is 0 Å². The van der Waals surface area contributed by atoms with Gasteiger partial charge in [-0.2, -0.15) is 0 Å². The molecule has 0 unspecified atom stereocenters. The van der Waals surface area contributed by atoms with E-state index in [4.69, 9.17) is 9.47 Å². The van der Waals surface area contributed by atoms with Crippen LogP contribution in [0.25, 0.3) is 0 Å². The second kappa shape index (κ2) is 9.64. The van der Waals surface area contributed by atoms with Gasteiger partial charge in [0, 0.05) is 5.92 Å². The lowest BCUT2D eigenvalue weighted by Gasteiger charge is -2.17. The van der Waals surface area contributed by atoms with Crippen LogP contribution in [0.4, 0.5) is 4.39 Å². The fourth-order valence-electron chi connectivity index (χ4n) is 3.15. The molecule has 0 saturated heterocycles. The summed E-state index contributed by atoms with van der Waals surface area (Å²) in [4.78, 5) is 24.9. The van der Waals surface area contributed by atoms with Gasteiger partial charge in [0.1, 0.15) is 11.6 Å². The summed E-state index contributed by atoms with van der Waals surface area (Å²) < 4.78 is 23.8. The summed E-state index contributed by atoms with van der Waals surface area (Å²) in [6.45, 7) is -0.477. The van der Waals surface area contributed by atoms with Crippen LogP contribution in [-0.2, 0) is 9.53 Å². The van der Waals surface area contributed by atoms with Crippen molar-refractivity contribution in [3.63, 3.8) is 0 Å². The van der Waals surface area contributed by atoms with E-state index in [0.717, 1.165) is 17.2 Å². The van der Waals surface area contributed by atoms with E-state index in [9.17, 15) is 14.0 Å². The van der Waals surface area contributed by atoms with E-state index >= 15 is 0 Å². The lowest BCUT2D eigenvalue weighted by Crippen LogP contribution is -2.17. The van der Waals surface area contributed by atoms with Crippen LogP contribution in [0.3, 0.4) is 0 Å². The highest BCUT2D eigenvalue weighted by molar-refractivity contribution is 6.00. The van der Waals surface area contributed by atoms with Gasteiger partial charge in [0.2, 0.25) is 5.78 Å². The van der Waals surface area contributed by atoms with Gasteiger partial charge in [-0.15, -0.1) is 0 Å². The Labute approximate surface area is 168 Å². The molecule has 3 aromatic rings. The first-order valence-corrected chi connectivity index (χ1v) is 9.20. The average Bonchev–Trinajstić information content (AvgIpc) is 2.77. The molecule has 0 atom stereocenters. The lowest BCUT2D eigenvalue weighted by molar-refractivity contribution is -0.142. The number of methoxy groups -OCH3 is 1. The van der Waals surface area contributed by atoms with E-state index in [-0.39, 0.29) is 23.7 Å². The van der Waals surface area contributed by atoms with E-state index in [1.54, 1.807) is 0 Å². The predicted octanol–water partition coefficient (Wildman–Crippen LogP) is 4.78. The highest BCUT2D eigenvalue weighted by Gasteiger charge is 2.21. The van der Waals surface area contributed by atoms with Crippen LogP contribution in [0.15, 0.2) is 78.9 Å². The molecular formula is C24H21FO4. The summed E-state index contributed by atoms with van der Waals surface area (Å²) in [6, 6.07) is 22.9. The molecule has 0 aliphatic rings. The van der Waals surface area contributed by atoms with Crippen LogP contribution < -0.4 is 4.74 Å². The van der Waals surface area contributed by atoms with E-state index in [1.165, 1.54) is 19.2 Å². The molecular weight excluding hydrogens is 371 g/mol. The first-order chi connectivity index (χ1) is 14.1. The summed E-state index contributed by atoms with van der Waals surface area (Å²) in [6.07, 6.45) is 0.0849. The van der Waals surface area contributed by atoms with Gasteiger partial charge >= 0.3 is 5.97 Å². The number of esters is 1. The first-order valence-electron chi connectivity index (χ1n) is 9.20. The molecule has 148 valence electrons. The second-order valence-corrected chi connectivity index (χ2v) is 6.51. The number of halogens is 1. The van der Waals surface area contributed by atoms with Crippen molar-refractivity contribution in [3.8, 4) is 5.75 Å². The zero-order valence-electron chi connectivity index (χ0n) is 16.0. The molecule has 0 aliphatic heterocycles. The third-order valence-electron chi connectivity index (χ3n) is 4.60. The fourth-order valence-corrected chi connectivity index (χ4v) is 3.15. The van der Waals surface area contributed by atoms with Crippen molar-refractivity contribution in [2.75, 3.05) is 13.7 Å². The molecule has 5 heteroatoms. The molecule has 3 rings (SSSR count). The highest BCUT2D eigenvalue weighted by atomic mass is 19.1. The monoisotopic (exact) mass is 392 g/mol. The third kappa shape index (κ3) is 5.29. The summed E-state index contributed by atoms with van der Waals surface area (Å²) in [7, 11) is 1.39. The van der Waals surface area contributed by atoms with Crippen LogP contribution in [0.5, 0.6) is 5.75 Å². The van der Waals surface area contributed by atoms with Gasteiger partial charge in [-0.3, -0.25) is 9.59 Å². The molecule has 0 spiro atoms. The third-order valence-corrected chi connectivity index (χ3v) is 4.60. The average molecular weight is 392 g/mol.